The molecule has 0 radical (unpaired) electrons. The van der Waals surface area contributed by atoms with Crippen LogP contribution in [0, 0.1) is 6.92 Å². The fraction of sp³-hybridized carbons (Fsp3) is 0.333. The third-order valence-electron chi connectivity index (χ3n) is 4.77. The number of imidazole rings is 1. The van der Waals surface area contributed by atoms with Crippen molar-refractivity contribution in [2.75, 3.05) is 19.6 Å². The molecule has 4 rings (SSSR count). The quantitative estimate of drug-likeness (QED) is 0.737. The van der Waals surface area contributed by atoms with Crippen LogP contribution in [0.2, 0.25) is 0 Å². The molecule has 1 aliphatic rings. The summed E-state index contributed by atoms with van der Waals surface area (Å²) in [5.41, 5.74) is 2.57. The number of hydrogen-bond donors (Lipinski definition) is 1. The Morgan fingerprint density at radius 2 is 2.19 bits per heavy atom. The van der Waals surface area contributed by atoms with Gasteiger partial charge in [0.1, 0.15) is 24.5 Å². The molecule has 27 heavy (non-hydrogen) atoms. The lowest BCUT2D eigenvalue weighted by molar-refractivity contribution is 0.0621. The van der Waals surface area contributed by atoms with E-state index in [1.165, 1.54) is 6.33 Å². The van der Waals surface area contributed by atoms with Crippen molar-refractivity contribution in [2.24, 2.45) is 7.05 Å². The maximum atomic E-state index is 13.2. The number of carbonyl (C=O) groups is 1. The van der Waals surface area contributed by atoms with Gasteiger partial charge in [-0.2, -0.15) is 5.10 Å². The van der Waals surface area contributed by atoms with Crippen LogP contribution in [0.5, 0.6) is 0 Å². The molecule has 8 nitrogen and oxygen atoms in total. The SMILES string of the molecule is Cc1cc(C(=O)N2CCNCC2c2nccn2C)ccc1-n1cncn1.Cl. The van der Waals surface area contributed by atoms with E-state index >= 15 is 0 Å². The van der Waals surface area contributed by atoms with Gasteiger partial charge >= 0.3 is 0 Å². The van der Waals surface area contributed by atoms with Gasteiger partial charge < -0.3 is 14.8 Å². The smallest absolute Gasteiger partial charge is 0.254 e. The summed E-state index contributed by atoms with van der Waals surface area (Å²) in [5.74, 6) is 0.911. The molecule has 0 bridgehead atoms. The molecule has 1 atom stereocenters. The first-order valence-corrected chi connectivity index (χ1v) is 8.59. The molecule has 2 aromatic heterocycles. The predicted octanol–water partition coefficient (Wildman–Crippen LogP) is 1.52. The number of carbonyl (C=O) groups excluding carboxylic acids is 1. The first kappa shape index (κ1) is 19.1. The van der Waals surface area contributed by atoms with E-state index in [1.807, 2.05) is 47.8 Å². The molecule has 1 unspecified atom stereocenters. The highest BCUT2D eigenvalue weighted by molar-refractivity contribution is 5.95. The van der Waals surface area contributed by atoms with Crippen LogP contribution in [0.1, 0.15) is 27.8 Å². The van der Waals surface area contributed by atoms with E-state index in [4.69, 9.17) is 0 Å². The molecule has 3 aromatic rings. The molecular weight excluding hydrogens is 366 g/mol. The summed E-state index contributed by atoms with van der Waals surface area (Å²) in [6.07, 6.45) is 6.82. The minimum atomic E-state index is -0.0773. The summed E-state index contributed by atoms with van der Waals surface area (Å²) in [6, 6.07) is 5.60. The Hall–Kier alpha value is -2.71. The first-order valence-electron chi connectivity index (χ1n) is 8.59. The number of aromatic nitrogens is 5. The third-order valence-corrected chi connectivity index (χ3v) is 4.77. The summed E-state index contributed by atoms with van der Waals surface area (Å²) < 4.78 is 3.67. The minimum absolute atomic E-state index is 0. The van der Waals surface area contributed by atoms with Gasteiger partial charge in [0, 0.05) is 44.6 Å². The summed E-state index contributed by atoms with van der Waals surface area (Å²) in [5, 5.41) is 7.52. The third kappa shape index (κ3) is 3.58. The summed E-state index contributed by atoms with van der Waals surface area (Å²) in [6.45, 7) is 4.11. The number of hydrogen-bond acceptors (Lipinski definition) is 5. The molecule has 1 N–H and O–H groups in total. The lowest BCUT2D eigenvalue weighted by Gasteiger charge is -2.36. The average molecular weight is 388 g/mol. The lowest BCUT2D eigenvalue weighted by Crippen LogP contribution is -2.49. The van der Waals surface area contributed by atoms with Crippen molar-refractivity contribution >= 4 is 18.3 Å². The zero-order chi connectivity index (χ0) is 18.1. The number of benzene rings is 1. The number of amides is 1. The Labute approximate surface area is 163 Å². The van der Waals surface area contributed by atoms with Crippen molar-refractivity contribution in [2.45, 2.75) is 13.0 Å². The molecule has 1 amide bonds. The number of nitrogens with one attached hydrogen (secondary N) is 1. The molecule has 0 spiro atoms. The highest BCUT2D eigenvalue weighted by Gasteiger charge is 2.31. The van der Waals surface area contributed by atoms with Gasteiger partial charge in [-0.25, -0.2) is 14.6 Å². The lowest BCUT2D eigenvalue weighted by atomic mass is 10.1. The van der Waals surface area contributed by atoms with E-state index in [-0.39, 0.29) is 24.4 Å². The van der Waals surface area contributed by atoms with Crippen molar-refractivity contribution < 1.29 is 4.79 Å². The Balaban J connectivity index is 0.00000210. The van der Waals surface area contributed by atoms with Crippen LogP contribution in [0.15, 0.2) is 43.2 Å². The van der Waals surface area contributed by atoms with E-state index in [2.05, 4.69) is 20.4 Å². The number of aryl methyl sites for hydroxylation is 2. The van der Waals surface area contributed by atoms with Crippen molar-refractivity contribution in [1.29, 1.82) is 0 Å². The van der Waals surface area contributed by atoms with Crippen molar-refractivity contribution in [3.8, 4) is 5.69 Å². The zero-order valence-corrected chi connectivity index (χ0v) is 16.1. The number of halogens is 1. The molecule has 1 fully saturated rings. The maximum absolute atomic E-state index is 13.2. The first-order chi connectivity index (χ1) is 12.6. The van der Waals surface area contributed by atoms with E-state index in [0.29, 0.717) is 18.7 Å². The number of nitrogens with zero attached hydrogens (tertiary/aromatic N) is 6. The normalized spacial score (nSPS) is 16.8. The number of piperazine rings is 1. The van der Waals surface area contributed by atoms with Crippen molar-refractivity contribution in [1.82, 2.24) is 34.5 Å². The monoisotopic (exact) mass is 387 g/mol. The molecule has 1 aromatic carbocycles. The highest BCUT2D eigenvalue weighted by Crippen LogP contribution is 2.24. The van der Waals surface area contributed by atoms with Gasteiger partial charge in [-0.3, -0.25) is 4.79 Å². The van der Waals surface area contributed by atoms with Crippen LogP contribution in [-0.4, -0.2) is 54.8 Å². The van der Waals surface area contributed by atoms with Gasteiger partial charge in [0.25, 0.3) is 5.91 Å². The summed E-state index contributed by atoms with van der Waals surface area (Å²) >= 11 is 0. The predicted molar refractivity (Wildman–Crippen MR) is 103 cm³/mol. The molecule has 142 valence electrons. The molecule has 3 heterocycles. The van der Waals surface area contributed by atoms with Gasteiger partial charge in [-0.1, -0.05) is 0 Å². The van der Waals surface area contributed by atoms with E-state index < -0.39 is 0 Å². The fourth-order valence-electron chi connectivity index (χ4n) is 3.42. The van der Waals surface area contributed by atoms with E-state index in [9.17, 15) is 4.79 Å². The maximum Gasteiger partial charge on any atom is 0.254 e. The van der Waals surface area contributed by atoms with Crippen LogP contribution >= 0.6 is 12.4 Å². The van der Waals surface area contributed by atoms with Gasteiger partial charge in [0.2, 0.25) is 0 Å². The van der Waals surface area contributed by atoms with Gasteiger partial charge in [-0.05, 0) is 30.7 Å². The van der Waals surface area contributed by atoms with Gasteiger partial charge in [-0.15, -0.1) is 12.4 Å². The van der Waals surface area contributed by atoms with Crippen LogP contribution in [-0.2, 0) is 7.05 Å². The van der Waals surface area contributed by atoms with Gasteiger partial charge in [0.15, 0.2) is 0 Å². The second-order valence-corrected chi connectivity index (χ2v) is 6.46. The Bertz CT molecular complexity index is 922. The molecule has 0 saturated carbocycles. The fourth-order valence-corrected chi connectivity index (χ4v) is 3.42. The van der Waals surface area contributed by atoms with Crippen molar-refractivity contribution in [3.63, 3.8) is 0 Å². The van der Waals surface area contributed by atoms with Crippen LogP contribution in [0.3, 0.4) is 0 Å². The Morgan fingerprint density at radius 1 is 1.33 bits per heavy atom. The molecule has 0 aliphatic carbocycles. The Kier molecular flexibility index (Phi) is 5.57. The zero-order valence-electron chi connectivity index (χ0n) is 15.2. The molecular formula is C18H22ClN7O. The van der Waals surface area contributed by atoms with Crippen LogP contribution < -0.4 is 5.32 Å². The topological polar surface area (TPSA) is 80.9 Å². The largest absolute Gasteiger partial charge is 0.336 e. The van der Waals surface area contributed by atoms with Crippen molar-refractivity contribution in [3.05, 3.63) is 60.2 Å². The van der Waals surface area contributed by atoms with Gasteiger partial charge in [0.05, 0.1) is 5.69 Å². The highest BCUT2D eigenvalue weighted by atomic mass is 35.5. The standard InChI is InChI=1S/C18H21N7O.ClH/c1-13-9-14(3-4-15(13)25-12-20-11-22-25)18(26)24-8-5-19-10-16(24)17-21-6-7-23(17)2;/h3-4,6-7,9,11-12,16,19H,5,8,10H2,1-2H3;1H. The summed E-state index contributed by atoms with van der Waals surface area (Å²) in [7, 11) is 1.96. The van der Waals surface area contributed by atoms with E-state index in [1.54, 1.807) is 17.2 Å². The van der Waals surface area contributed by atoms with Crippen LogP contribution in [0.25, 0.3) is 5.69 Å². The molecule has 1 aliphatic heterocycles. The van der Waals surface area contributed by atoms with Crippen LogP contribution in [0.4, 0.5) is 0 Å². The second-order valence-electron chi connectivity index (χ2n) is 6.46. The van der Waals surface area contributed by atoms with E-state index in [0.717, 1.165) is 23.6 Å². The minimum Gasteiger partial charge on any atom is -0.336 e. The molecule has 1 saturated heterocycles. The average Bonchev–Trinajstić information content (AvgIpc) is 3.33. The number of rotatable bonds is 3. The molecule has 9 heteroatoms. The second kappa shape index (κ2) is 7.89. The Morgan fingerprint density at radius 3 is 2.85 bits per heavy atom. The summed E-state index contributed by atoms with van der Waals surface area (Å²) in [4.78, 5) is 23.5.